The number of halogens is 1. The molecule has 0 spiro atoms. The number of rotatable bonds is 3. The topological polar surface area (TPSA) is 60.4 Å². The maximum Gasteiger partial charge on any atom is 0.309 e. The lowest BCUT2D eigenvalue weighted by atomic mass is 10.1. The van der Waals surface area contributed by atoms with Crippen LogP contribution in [0.4, 0.5) is 0 Å². The van der Waals surface area contributed by atoms with E-state index in [9.17, 15) is 13.2 Å². The Hall–Kier alpha value is -0.880. The van der Waals surface area contributed by atoms with Crippen molar-refractivity contribution in [1.29, 1.82) is 0 Å². The van der Waals surface area contributed by atoms with Crippen molar-refractivity contribution in [3.63, 3.8) is 0 Å². The van der Waals surface area contributed by atoms with Gasteiger partial charge in [-0.15, -0.1) is 0 Å². The van der Waals surface area contributed by atoms with Crippen LogP contribution < -0.4 is 0 Å². The number of methoxy groups -OCH3 is 1. The van der Waals surface area contributed by atoms with Crippen LogP contribution in [-0.2, 0) is 19.4 Å². The van der Waals surface area contributed by atoms with E-state index in [-0.39, 0.29) is 4.90 Å². The Balaban J connectivity index is 2.41. The molecule has 1 aromatic carbocycles. The fourth-order valence-corrected chi connectivity index (χ4v) is 5.96. The number of carbonyl (C=O) groups is 1. The fraction of sp³-hybridized carbons (Fsp3) is 0.500. The van der Waals surface area contributed by atoms with E-state index in [1.807, 2.05) is 6.92 Å². The molecule has 1 aliphatic rings. The summed E-state index contributed by atoms with van der Waals surface area (Å²) in [6.45, 7) is 1.90. The molecule has 110 valence electrons. The molecule has 20 heavy (non-hydrogen) atoms. The maximum atomic E-state index is 12.8. The van der Waals surface area contributed by atoms with E-state index in [1.165, 1.54) is 7.11 Å². The van der Waals surface area contributed by atoms with Crippen molar-refractivity contribution in [3.8, 4) is 0 Å². The predicted molar refractivity (Wildman–Crippen MR) is 79.2 cm³/mol. The second-order valence-corrected chi connectivity index (χ2v) is 8.07. The van der Waals surface area contributed by atoms with Crippen molar-refractivity contribution in [2.45, 2.75) is 36.3 Å². The smallest absolute Gasteiger partial charge is 0.309 e. The lowest BCUT2D eigenvalue weighted by Gasteiger charge is -2.19. The zero-order valence-corrected chi connectivity index (χ0v) is 13.8. The van der Waals surface area contributed by atoms with Crippen molar-refractivity contribution in [3.05, 3.63) is 28.2 Å². The second-order valence-electron chi connectivity index (χ2n) is 5.08. The molecule has 0 N–H and O–H groups in total. The summed E-state index contributed by atoms with van der Waals surface area (Å²) in [5.41, 5.74) is 0.978. The molecule has 6 heteroatoms. The molecule has 2 atom stereocenters. The Morgan fingerprint density at radius 3 is 2.65 bits per heavy atom. The summed E-state index contributed by atoms with van der Waals surface area (Å²) in [5, 5.41) is -0.686. The minimum Gasteiger partial charge on any atom is -0.469 e. The highest BCUT2D eigenvalue weighted by Gasteiger charge is 2.43. The van der Waals surface area contributed by atoms with Gasteiger partial charge in [0.2, 0.25) is 0 Å². The van der Waals surface area contributed by atoms with Crippen LogP contribution >= 0.6 is 15.9 Å². The first-order chi connectivity index (χ1) is 9.37. The van der Waals surface area contributed by atoms with E-state index in [4.69, 9.17) is 4.74 Å². The van der Waals surface area contributed by atoms with Crippen molar-refractivity contribution in [2.75, 3.05) is 7.11 Å². The van der Waals surface area contributed by atoms with Crippen LogP contribution in [0.1, 0.15) is 24.8 Å². The first-order valence-corrected chi connectivity index (χ1v) is 8.79. The molecule has 0 bridgehead atoms. The van der Waals surface area contributed by atoms with Crippen LogP contribution in [0.25, 0.3) is 0 Å². The summed E-state index contributed by atoms with van der Waals surface area (Å²) in [5.74, 6) is -0.988. The van der Waals surface area contributed by atoms with Gasteiger partial charge in [-0.05, 0) is 53.4 Å². The minimum absolute atomic E-state index is 0.254. The molecule has 1 aliphatic carbocycles. The largest absolute Gasteiger partial charge is 0.469 e. The second kappa shape index (κ2) is 5.85. The number of ether oxygens (including phenoxy) is 1. The lowest BCUT2D eigenvalue weighted by Crippen LogP contribution is -2.31. The van der Waals surface area contributed by atoms with Crippen molar-refractivity contribution >= 4 is 31.7 Å². The Labute approximate surface area is 127 Å². The maximum absolute atomic E-state index is 12.8. The molecule has 0 amide bonds. The number of hydrogen-bond acceptors (Lipinski definition) is 4. The molecule has 0 saturated heterocycles. The Kier molecular flexibility index (Phi) is 4.54. The minimum atomic E-state index is -3.54. The van der Waals surface area contributed by atoms with Crippen molar-refractivity contribution < 1.29 is 17.9 Å². The highest BCUT2D eigenvalue weighted by atomic mass is 79.9. The molecule has 0 radical (unpaired) electrons. The average Bonchev–Trinajstić information content (AvgIpc) is 2.87. The summed E-state index contributed by atoms with van der Waals surface area (Å²) in [4.78, 5) is 12.0. The number of esters is 1. The van der Waals surface area contributed by atoms with Crippen LogP contribution in [0.15, 0.2) is 27.6 Å². The van der Waals surface area contributed by atoms with Gasteiger partial charge in [0.05, 0.1) is 23.2 Å². The van der Waals surface area contributed by atoms with Gasteiger partial charge in [0, 0.05) is 4.47 Å². The van der Waals surface area contributed by atoms with Gasteiger partial charge in [0.1, 0.15) is 0 Å². The van der Waals surface area contributed by atoms with Crippen LogP contribution in [0.5, 0.6) is 0 Å². The summed E-state index contributed by atoms with van der Waals surface area (Å²) in [6, 6.07) is 5.14. The number of carbonyl (C=O) groups excluding carboxylic acids is 1. The number of benzene rings is 1. The quantitative estimate of drug-likeness (QED) is 0.777. The molecule has 1 fully saturated rings. The van der Waals surface area contributed by atoms with Crippen LogP contribution in [0.3, 0.4) is 0 Å². The SMILES string of the molecule is COC(=O)[C@H]1CCC[C@@H]1S(=O)(=O)c1ccc(C)cc1Br. The van der Waals surface area contributed by atoms with Gasteiger partial charge < -0.3 is 4.74 Å². The van der Waals surface area contributed by atoms with Gasteiger partial charge in [0.25, 0.3) is 0 Å². The molecule has 1 aromatic rings. The molecular weight excluding hydrogens is 344 g/mol. The third-order valence-electron chi connectivity index (χ3n) is 3.75. The Bertz CT molecular complexity index is 624. The summed E-state index contributed by atoms with van der Waals surface area (Å²) in [6.07, 6.45) is 1.80. The highest BCUT2D eigenvalue weighted by Crippen LogP contribution is 2.37. The number of hydrogen-bond donors (Lipinski definition) is 0. The van der Waals surface area contributed by atoms with Gasteiger partial charge in [-0.25, -0.2) is 8.42 Å². The summed E-state index contributed by atoms with van der Waals surface area (Å²) < 4.78 is 30.8. The lowest BCUT2D eigenvalue weighted by molar-refractivity contribution is -0.145. The molecule has 2 rings (SSSR count). The molecule has 1 saturated carbocycles. The van der Waals surface area contributed by atoms with Crippen molar-refractivity contribution in [1.82, 2.24) is 0 Å². The van der Waals surface area contributed by atoms with Gasteiger partial charge in [-0.2, -0.15) is 0 Å². The molecule has 4 nitrogen and oxygen atoms in total. The van der Waals surface area contributed by atoms with Crippen LogP contribution in [0.2, 0.25) is 0 Å². The zero-order valence-electron chi connectivity index (χ0n) is 11.4. The molecule has 0 aromatic heterocycles. The van der Waals surface area contributed by atoms with E-state index >= 15 is 0 Å². The first-order valence-electron chi connectivity index (χ1n) is 6.46. The van der Waals surface area contributed by atoms with E-state index in [1.54, 1.807) is 18.2 Å². The van der Waals surface area contributed by atoms with Gasteiger partial charge in [-0.1, -0.05) is 12.5 Å². The summed E-state index contributed by atoms with van der Waals surface area (Å²) in [7, 11) is -2.24. The third-order valence-corrected chi connectivity index (χ3v) is 7.00. The van der Waals surface area contributed by atoms with Crippen molar-refractivity contribution in [2.24, 2.45) is 5.92 Å². The third kappa shape index (κ3) is 2.76. The Morgan fingerprint density at radius 2 is 2.05 bits per heavy atom. The zero-order chi connectivity index (χ0) is 14.9. The number of sulfone groups is 1. The molecule has 0 heterocycles. The van der Waals surface area contributed by atoms with E-state index in [0.717, 1.165) is 12.0 Å². The average molecular weight is 361 g/mol. The molecule has 0 unspecified atom stereocenters. The summed E-state index contributed by atoms with van der Waals surface area (Å²) >= 11 is 3.31. The fourth-order valence-electron chi connectivity index (χ4n) is 2.72. The van der Waals surface area contributed by atoms with Crippen LogP contribution in [0, 0.1) is 12.8 Å². The van der Waals surface area contributed by atoms with E-state index in [2.05, 4.69) is 15.9 Å². The normalized spacial score (nSPS) is 22.8. The number of aryl methyl sites for hydroxylation is 1. The Morgan fingerprint density at radius 1 is 1.35 bits per heavy atom. The van der Waals surface area contributed by atoms with E-state index < -0.39 is 27.0 Å². The monoisotopic (exact) mass is 360 g/mol. The highest BCUT2D eigenvalue weighted by molar-refractivity contribution is 9.10. The molecular formula is C14H17BrO4S. The molecule has 0 aliphatic heterocycles. The predicted octanol–water partition coefficient (Wildman–Crippen LogP) is 2.87. The van der Waals surface area contributed by atoms with Gasteiger partial charge in [-0.3, -0.25) is 4.79 Å². The van der Waals surface area contributed by atoms with E-state index in [0.29, 0.717) is 17.3 Å². The first kappa shape index (κ1) is 15.5. The van der Waals surface area contributed by atoms with Gasteiger partial charge >= 0.3 is 5.97 Å². The van der Waals surface area contributed by atoms with Crippen LogP contribution in [-0.4, -0.2) is 26.7 Å². The van der Waals surface area contributed by atoms with Gasteiger partial charge in [0.15, 0.2) is 9.84 Å². The standard InChI is InChI=1S/C14H17BrO4S/c1-9-6-7-13(11(15)8-9)20(17,18)12-5-3-4-10(12)14(16)19-2/h6-8,10,12H,3-5H2,1-2H3/t10-,12-/m0/s1.